The summed E-state index contributed by atoms with van der Waals surface area (Å²) < 4.78 is 145. The van der Waals surface area contributed by atoms with Crippen LogP contribution in [0.25, 0.3) is 0 Å². The molecule has 0 aromatic heterocycles. The summed E-state index contributed by atoms with van der Waals surface area (Å²) in [5, 5.41) is 0. The van der Waals surface area contributed by atoms with Gasteiger partial charge in [-0.25, -0.2) is 4.39 Å². The minimum absolute atomic E-state index is 0.398. The monoisotopic (exact) mass is 542 g/mol. The summed E-state index contributed by atoms with van der Waals surface area (Å²) in [6.07, 6.45) is -5.41. The molecule has 0 aliphatic rings. The Kier molecular flexibility index (Phi) is 16.2. The summed E-state index contributed by atoms with van der Waals surface area (Å²) >= 11 is 0. The van der Waals surface area contributed by atoms with E-state index in [1.54, 1.807) is 0 Å². The van der Waals surface area contributed by atoms with Gasteiger partial charge in [-0.3, -0.25) is 0 Å². The van der Waals surface area contributed by atoms with Crippen molar-refractivity contribution >= 4 is 8.80 Å². The Morgan fingerprint density at radius 2 is 1.06 bits per heavy atom. The molecule has 0 amide bonds. The molecule has 0 fully saturated rings. The molecule has 0 heterocycles. The molecule has 0 radical (unpaired) electrons. The van der Waals surface area contributed by atoms with E-state index in [-0.39, 0.29) is 0 Å². The minimum Gasteiger partial charge on any atom is -0.373 e. The largest absolute Gasteiger partial charge is 0.581 e. The lowest BCUT2D eigenvalue weighted by molar-refractivity contribution is -0.314. The second-order valence-electron chi connectivity index (χ2n) is 7.68. The van der Waals surface area contributed by atoms with Gasteiger partial charge in [0.1, 0.15) is 0 Å². The Morgan fingerprint density at radius 3 is 1.41 bits per heavy atom. The molecule has 0 bridgehead atoms. The third-order valence-corrected chi connectivity index (χ3v) is 7.72. The Morgan fingerprint density at radius 1 is 0.647 bits per heavy atom. The maximum Gasteiger partial charge on any atom is 0.581 e. The smallest absolute Gasteiger partial charge is 0.373 e. The molecule has 0 saturated heterocycles. The Bertz CT molecular complexity index is 517. The van der Waals surface area contributed by atoms with Crippen LogP contribution < -0.4 is 0 Å². The lowest BCUT2D eigenvalue weighted by Crippen LogP contribution is -2.72. The van der Waals surface area contributed by atoms with E-state index in [1.807, 2.05) is 0 Å². The van der Waals surface area contributed by atoms with Gasteiger partial charge in [-0.15, -0.1) is 0 Å². The van der Waals surface area contributed by atoms with Crippen molar-refractivity contribution in [3.63, 3.8) is 0 Å². The number of alkyl halides is 10. The van der Waals surface area contributed by atoms with Gasteiger partial charge < -0.3 is 13.3 Å². The van der Waals surface area contributed by atoms with Crippen LogP contribution in [0.15, 0.2) is 0 Å². The minimum atomic E-state index is -6.25. The highest BCUT2D eigenvalue weighted by molar-refractivity contribution is 6.63. The summed E-state index contributed by atoms with van der Waals surface area (Å²) in [5.41, 5.74) is -5.69. The topological polar surface area (TPSA) is 27.7 Å². The van der Waals surface area contributed by atoms with Crippen molar-refractivity contribution in [3.8, 4) is 0 Å². The van der Waals surface area contributed by atoms with Crippen LogP contribution in [-0.2, 0) is 13.3 Å². The zero-order valence-corrected chi connectivity index (χ0v) is 21.2. The lowest BCUT2D eigenvalue weighted by atomic mass is 10.0. The van der Waals surface area contributed by atoms with Gasteiger partial charge in [0.05, 0.1) is 0 Å². The predicted molar refractivity (Wildman–Crippen MR) is 110 cm³/mol. The van der Waals surface area contributed by atoms with Crippen molar-refractivity contribution in [2.75, 3.05) is 21.3 Å². The number of halogens is 10. The standard InChI is InChI=1S/C13H20F10O3Si.C7H16/c1-24-27(25-2,26-3)13(22,23)12(20,21)11(18,19)9(14)7-5-4-6-8-10(15,16)17;1-3-5-7-6-4-2/h9H,4-8H2,1-3H3;3-7H2,1-2H3. The Hall–Kier alpha value is -0.603. The van der Waals surface area contributed by atoms with Crippen LogP contribution in [-0.4, -0.2) is 59.9 Å². The molecule has 0 rings (SSSR count). The average Bonchev–Trinajstić information content (AvgIpc) is 2.74. The number of unbranched alkanes of at least 4 members (excludes halogenated alkanes) is 6. The maximum absolute atomic E-state index is 14.1. The fourth-order valence-corrected chi connectivity index (χ4v) is 4.74. The molecule has 208 valence electrons. The molecule has 3 nitrogen and oxygen atoms in total. The van der Waals surface area contributed by atoms with Gasteiger partial charge in [0, 0.05) is 27.8 Å². The van der Waals surface area contributed by atoms with Crippen LogP contribution in [0.5, 0.6) is 0 Å². The van der Waals surface area contributed by atoms with Gasteiger partial charge in [-0.1, -0.05) is 58.8 Å². The van der Waals surface area contributed by atoms with Crippen molar-refractivity contribution in [1.29, 1.82) is 0 Å². The molecule has 14 heteroatoms. The van der Waals surface area contributed by atoms with Gasteiger partial charge in [0.2, 0.25) is 0 Å². The molecule has 0 aliphatic carbocycles. The molecule has 0 aromatic rings. The van der Waals surface area contributed by atoms with Crippen molar-refractivity contribution in [2.24, 2.45) is 0 Å². The van der Waals surface area contributed by atoms with E-state index in [0.717, 1.165) is 0 Å². The van der Waals surface area contributed by atoms with Crippen molar-refractivity contribution < 1.29 is 57.2 Å². The molecular weight excluding hydrogens is 506 g/mol. The molecule has 1 unspecified atom stereocenters. The van der Waals surface area contributed by atoms with E-state index in [4.69, 9.17) is 0 Å². The number of hydrogen-bond acceptors (Lipinski definition) is 3. The first-order valence-electron chi connectivity index (χ1n) is 11.0. The quantitative estimate of drug-likeness (QED) is 0.112. The fraction of sp³-hybridized carbons (Fsp3) is 1.00. The molecule has 0 aromatic carbocycles. The molecule has 0 aliphatic heterocycles. The zero-order valence-electron chi connectivity index (χ0n) is 20.2. The first-order valence-corrected chi connectivity index (χ1v) is 12.7. The summed E-state index contributed by atoms with van der Waals surface area (Å²) in [5.74, 6) is -12.1. The van der Waals surface area contributed by atoms with Crippen LogP contribution in [0, 0.1) is 0 Å². The molecule has 0 spiro atoms. The second-order valence-corrected chi connectivity index (χ2v) is 10.6. The highest BCUT2D eigenvalue weighted by atomic mass is 28.4. The molecule has 0 N–H and O–H groups in total. The molecular formula is C20H36F10O3Si. The van der Waals surface area contributed by atoms with Gasteiger partial charge in [-0.05, 0) is 12.8 Å². The SMILES string of the molecule is CCCCCCC.CO[Si](OC)(OC)C(F)(F)C(F)(F)C(F)(F)C(F)CCCCCC(F)(F)F. The zero-order chi connectivity index (χ0) is 27.3. The summed E-state index contributed by atoms with van der Waals surface area (Å²) in [7, 11) is -4.21. The van der Waals surface area contributed by atoms with E-state index >= 15 is 0 Å². The third-order valence-electron chi connectivity index (χ3n) is 5.02. The molecule has 0 saturated carbocycles. The van der Waals surface area contributed by atoms with Gasteiger partial charge in [0.25, 0.3) is 0 Å². The van der Waals surface area contributed by atoms with Crippen molar-refractivity contribution in [1.82, 2.24) is 0 Å². The average molecular weight is 543 g/mol. The van der Waals surface area contributed by atoms with Gasteiger partial charge in [0.15, 0.2) is 6.17 Å². The first-order chi connectivity index (χ1) is 15.5. The summed E-state index contributed by atoms with van der Waals surface area (Å²) in [6, 6.07) is 0. The van der Waals surface area contributed by atoms with E-state index in [9.17, 15) is 43.9 Å². The number of hydrogen-bond donors (Lipinski definition) is 0. The lowest BCUT2D eigenvalue weighted by Gasteiger charge is -2.39. The highest BCUT2D eigenvalue weighted by Gasteiger charge is 2.85. The van der Waals surface area contributed by atoms with E-state index in [2.05, 4.69) is 27.1 Å². The highest BCUT2D eigenvalue weighted by Crippen LogP contribution is 2.52. The van der Waals surface area contributed by atoms with Gasteiger partial charge in [-0.2, -0.15) is 39.5 Å². The van der Waals surface area contributed by atoms with Crippen LogP contribution >= 0.6 is 0 Å². The summed E-state index contributed by atoms with van der Waals surface area (Å²) in [4.78, 5) is 0. The summed E-state index contributed by atoms with van der Waals surface area (Å²) in [6.45, 7) is 4.49. The Labute approximate surface area is 195 Å². The fourth-order valence-electron chi connectivity index (χ4n) is 2.92. The van der Waals surface area contributed by atoms with Crippen molar-refractivity contribution in [2.45, 2.75) is 108 Å². The van der Waals surface area contributed by atoms with Crippen LogP contribution in [0.1, 0.15) is 78.1 Å². The van der Waals surface area contributed by atoms with Crippen LogP contribution in [0.2, 0.25) is 0 Å². The first kappa shape index (κ1) is 35.6. The van der Waals surface area contributed by atoms with E-state index < -0.39 is 70.6 Å². The number of rotatable bonds is 16. The molecule has 1 atom stereocenters. The Balaban J connectivity index is 0. The van der Waals surface area contributed by atoms with Crippen LogP contribution in [0.4, 0.5) is 43.9 Å². The maximum atomic E-state index is 14.1. The normalized spacial score (nSPS) is 14.6. The van der Waals surface area contributed by atoms with E-state index in [0.29, 0.717) is 21.3 Å². The van der Waals surface area contributed by atoms with Crippen LogP contribution in [0.3, 0.4) is 0 Å². The van der Waals surface area contributed by atoms with Crippen molar-refractivity contribution in [3.05, 3.63) is 0 Å². The molecule has 34 heavy (non-hydrogen) atoms. The second kappa shape index (κ2) is 15.5. The van der Waals surface area contributed by atoms with E-state index in [1.165, 1.54) is 32.1 Å². The third kappa shape index (κ3) is 9.80. The van der Waals surface area contributed by atoms with Gasteiger partial charge >= 0.3 is 32.4 Å². The predicted octanol–water partition coefficient (Wildman–Crippen LogP) is 8.14.